The number of benzene rings is 2. The van der Waals surface area contributed by atoms with E-state index in [0.717, 1.165) is 0 Å². The van der Waals surface area contributed by atoms with Crippen LogP contribution >= 0.6 is 0 Å². The van der Waals surface area contributed by atoms with Crippen molar-refractivity contribution in [1.82, 2.24) is 9.62 Å². The van der Waals surface area contributed by atoms with Crippen molar-refractivity contribution in [3.63, 3.8) is 0 Å². The minimum atomic E-state index is -3.46. The first-order valence-corrected chi connectivity index (χ1v) is 10.9. The second-order valence-electron chi connectivity index (χ2n) is 6.79. The third-order valence-electron chi connectivity index (χ3n) is 4.81. The first kappa shape index (κ1) is 21.0. The van der Waals surface area contributed by atoms with Gasteiger partial charge in [0, 0.05) is 5.69 Å². The van der Waals surface area contributed by atoms with Gasteiger partial charge < -0.3 is 15.5 Å². The predicted molar refractivity (Wildman–Crippen MR) is 109 cm³/mol. The smallest absolute Gasteiger partial charge is 0.313 e. The summed E-state index contributed by atoms with van der Waals surface area (Å²) in [7, 11) is -3.46. The molecule has 2 aromatic carbocycles. The quantitative estimate of drug-likeness (QED) is 0.543. The molecule has 2 aromatic rings. The average molecular weight is 418 g/mol. The standard InChI is InChI=1S/C20H24N4O4S/c25-19(20(26)22-17-7-3-1-4-8-17)21-11-12-23-13-15-24(16-14-23)29(27,28)18-9-5-2-6-10-18/h1-10H,11-16H2,(H,21,25)(H,22,26)/p+1. The molecule has 0 aliphatic carbocycles. The van der Waals surface area contributed by atoms with Crippen LogP contribution in [0.2, 0.25) is 0 Å². The Hall–Kier alpha value is -2.75. The molecule has 1 fully saturated rings. The second-order valence-corrected chi connectivity index (χ2v) is 8.73. The number of quaternary nitrogens is 1. The molecule has 3 rings (SSSR count). The summed E-state index contributed by atoms with van der Waals surface area (Å²) >= 11 is 0. The maximum Gasteiger partial charge on any atom is 0.313 e. The molecule has 2 amide bonds. The van der Waals surface area contributed by atoms with Gasteiger partial charge in [0.15, 0.2) is 0 Å². The molecule has 0 radical (unpaired) electrons. The van der Waals surface area contributed by atoms with Crippen LogP contribution in [0.3, 0.4) is 0 Å². The Balaban J connectivity index is 1.40. The normalized spacial score (nSPS) is 15.6. The van der Waals surface area contributed by atoms with Crippen molar-refractivity contribution >= 4 is 27.5 Å². The van der Waals surface area contributed by atoms with Crippen LogP contribution in [0.4, 0.5) is 5.69 Å². The number of nitrogens with zero attached hydrogens (tertiary/aromatic N) is 1. The van der Waals surface area contributed by atoms with E-state index in [-0.39, 0.29) is 0 Å². The molecule has 0 atom stereocenters. The number of amides is 2. The van der Waals surface area contributed by atoms with Crippen LogP contribution in [0.1, 0.15) is 0 Å². The monoisotopic (exact) mass is 417 g/mol. The lowest BCUT2D eigenvalue weighted by atomic mass is 10.3. The summed E-state index contributed by atoms with van der Waals surface area (Å²) in [5, 5.41) is 5.15. The Morgan fingerprint density at radius 3 is 2.10 bits per heavy atom. The van der Waals surface area contributed by atoms with Gasteiger partial charge >= 0.3 is 11.8 Å². The van der Waals surface area contributed by atoms with Gasteiger partial charge in [0.2, 0.25) is 10.0 Å². The number of nitrogens with one attached hydrogen (secondary N) is 3. The van der Waals surface area contributed by atoms with E-state index in [1.807, 2.05) is 6.07 Å². The zero-order valence-corrected chi connectivity index (χ0v) is 16.8. The van der Waals surface area contributed by atoms with Crippen molar-refractivity contribution < 1.29 is 22.9 Å². The third-order valence-corrected chi connectivity index (χ3v) is 6.73. The Labute approximate surface area is 170 Å². The largest absolute Gasteiger partial charge is 0.342 e. The van der Waals surface area contributed by atoms with E-state index < -0.39 is 21.8 Å². The molecule has 0 aromatic heterocycles. The van der Waals surface area contributed by atoms with Crippen molar-refractivity contribution in [2.75, 3.05) is 44.6 Å². The van der Waals surface area contributed by atoms with Gasteiger partial charge in [0.05, 0.1) is 44.2 Å². The molecule has 8 nitrogen and oxygen atoms in total. The van der Waals surface area contributed by atoms with E-state index in [1.54, 1.807) is 54.6 Å². The topological polar surface area (TPSA) is 100 Å². The highest BCUT2D eigenvalue weighted by Gasteiger charge is 2.30. The molecule has 1 aliphatic rings. The lowest BCUT2D eigenvalue weighted by molar-refractivity contribution is -0.902. The molecule has 1 heterocycles. The Morgan fingerprint density at radius 2 is 1.48 bits per heavy atom. The van der Waals surface area contributed by atoms with Crippen LogP contribution in [0, 0.1) is 0 Å². The third kappa shape index (κ3) is 5.63. The summed E-state index contributed by atoms with van der Waals surface area (Å²) in [5.41, 5.74) is 0.564. The van der Waals surface area contributed by atoms with Crippen molar-refractivity contribution in [1.29, 1.82) is 0 Å². The highest BCUT2D eigenvalue weighted by molar-refractivity contribution is 7.89. The highest BCUT2D eigenvalue weighted by Crippen LogP contribution is 2.14. The second kappa shape index (κ2) is 9.64. The van der Waals surface area contributed by atoms with Gasteiger partial charge in [-0.3, -0.25) is 9.59 Å². The Morgan fingerprint density at radius 1 is 0.897 bits per heavy atom. The van der Waals surface area contributed by atoms with Crippen LogP contribution in [0.15, 0.2) is 65.6 Å². The summed E-state index contributed by atoms with van der Waals surface area (Å²) in [6.07, 6.45) is 0. The van der Waals surface area contributed by atoms with Gasteiger partial charge in [-0.25, -0.2) is 8.42 Å². The van der Waals surface area contributed by atoms with E-state index >= 15 is 0 Å². The zero-order chi connectivity index (χ0) is 20.7. The maximum absolute atomic E-state index is 12.6. The summed E-state index contributed by atoms with van der Waals surface area (Å²) < 4.78 is 26.8. The molecule has 29 heavy (non-hydrogen) atoms. The van der Waals surface area contributed by atoms with E-state index in [9.17, 15) is 18.0 Å². The number of piperazine rings is 1. The minimum absolute atomic E-state index is 0.306. The molecule has 154 valence electrons. The number of hydrogen-bond donors (Lipinski definition) is 3. The SMILES string of the molecule is O=C(NCC[NH+]1CCN(S(=O)(=O)c2ccccc2)CC1)C(=O)Nc1ccccc1. The fourth-order valence-corrected chi connectivity index (χ4v) is 4.64. The molecular formula is C20H25N4O4S+. The highest BCUT2D eigenvalue weighted by atomic mass is 32.2. The van der Waals surface area contributed by atoms with Gasteiger partial charge in [-0.1, -0.05) is 36.4 Å². The fraction of sp³-hybridized carbons (Fsp3) is 0.300. The number of rotatable bonds is 6. The molecule has 1 saturated heterocycles. The van der Waals surface area contributed by atoms with Gasteiger partial charge in [-0.15, -0.1) is 0 Å². The molecule has 0 saturated carbocycles. The first-order chi connectivity index (χ1) is 14.0. The fourth-order valence-electron chi connectivity index (χ4n) is 3.18. The predicted octanol–water partition coefficient (Wildman–Crippen LogP) is -0.669. The molecule has 0 unspecified atom stereocenters. The number of carbonyl (C=O) groups is 2. The van der Waals surface area contributed by atoms with Gasteiger partial charge in [-0.05, 0) is 24.3 Å². The maximum atomic E-state index is 12.6. The zero-order valence-electron chi connectivity index (χ0n) is 16.0. The number of sulfonamides is 1. The lowest BCUT2D eigenvalue weighted by Crippen LogP contribution is -3.15. The van der Waals surface area contributed by atoms with Crippen LogP contribution < -0.4 is 15.5 Å². The van der Waals surface area contributed by atoms with Crippen molar-refractivity contribution in [2.45, 2.75) is 4.90 Å². The van der Waals surface area contributed by atoms with Crippen LogP contribution in [0.5, 0.6) is 0 Å². The summed E-state index contributed by atoms with van der Waals surface area (Å²) in [5.74, 6) is -1.39. The van der Waals surface area contributed by atoms with Crippen LogP contribution in [-0.2, 0) is 19.6 Å². The number of hydrogen-bond acceptors (Lipinski definition) is 4. The molecule has 9 heteroatoms. The van der Waals surface area contributed by atoms with Gasteiger partial charge in [-0.2, -0.15) is 4.31 Å². The summed E-state index contributed by atoms with van der Waals surface area (Å²) in [4.78, 5) is 25.3. The Bertz CT molecular complexity index is 927. The lowest BCUT2D eigenvalue weighted by Gasteiger charge is -2.31. The summed E-state index contributed by atoms with van der Waals surface area (Å²) in [6, 6.07) is 17.2. The van der Waals surface area contributed by atoms with E-state index in [4.69, 9.17) is 0 Å². The number of carbonyl (C=O) groups excluding carboxylic acids is 2. The van der Waals surface area contributed by atoms with Gasteiger partial charge in [0.1, 0.15) is 0 Å². The Kier molecular flexibility index (Phi) is 6.97. The van der Waals surface area contributed by atoms with Gasteiger partial charge in [0.25, 0.3) is 0 Å². The van der Waals surface area contributed by atoms with Crippen molar-refractivity contribution in [3.05, 3.63) is 60.7 Å². The first-order valence-electron chi connectivity index (χ1n) is 9.50. The van der Waals surface area contributed by atoms with Crippen LogP contribution in [0.25, 0.3) is 0 Å². The van der Waals surface area contributed by atoms with E-state index in [0.29, 0.717) is 49.9 Å². The summed E-state index contributed by atoms with van der Waals surface area (Å²) in [6.45, 7) is 3.13. The minimum Gasteiger partial charge on any atom is -0.342 e. The molecule has 0 bridgehead atoms. The number of para-hydroxylation sites is 1. The number of anilines is 1. The molecule has 3 N–H and O–H groups in total. The molecule has 0 spiro atoms. The van der Waals surface area contributed by atoms with Crippen LogP contribution in [-0.4, -0.2) is 63.8 Å². The van der Waals surface area contributed by atoms with E-state index in [1.165, 1.54) is 9.21 Å². The average Bonchev–Trinajstić information content (AvgIpc) is 2.75. The molecule has 1 aliphatic heterocycles. The van der Waals surface area contributed by atoms with Crippen molar-refractivity contribution in [3.8, 4) is 0 Å². The van der Waals surface area contributed by atoms with Crippen molar-refractivity contribution in [2.24, 2.45) is 0 Å². The van der Waals surface area contributed by atoms with E-state index in [2.05, 4.69) is 10.6 Å². The molecular weight excluding hydrogens is 392 g/mol.